The van der Waals surface area contributed by atoms with E-state index in [2.05, 4.69) is 0 Å². The summed E-state index contributed by atoms with van der Waals surface area (Å²) in [6, 6.07) is 12.6. The summed E-state index contributed by atoms with van der Waals surface area (Å²) in [6.07, 6.45) is 0. The van der Waals surface area contributed by atoms with Crippen LogP contribution in [0.1, 0.15) is 5.56 Å². The summed E-state index contributed by atoms with van der Waals surface area (Å²) in [7, 11) is 0. The third-order valence-electron chi connectivity index (χ3n) is 2.33. The number of ether oxygens (including phenoxy) is 1. The molecule has 0 bridgehead atoms. The molecular formula is C13H7ClN2O3. The average molecular weight is 275 g/mol. The van der Waals surface area contributed by atoms with Crippen LogP contribution in [0.3, 0.4) is 0 Å². The second-order valence-corrected chi connectivity index (χ2v) is 4.02. The van der Waals surface area contributed by atoms with Gasteiger partial charge < -0.3 is 4.74 Å². The topological polar surface area (TPSA) is 76.2 Å². The maximum Gasteiger partial charge on any atom is 0.288 e. The molecule has 2 aromatic carbocycles. The number of nitro benzene ring substituents is 1. The van der Waals surface area contributed by atoms with Gasteiger partial charge in [-0.3, -0.25) is 10.1 Å². The predicted molar refractivity (Wildman–Crippen MR) is 69.3 cm³/mol. The first-order chi connectivity index (χ1) is 9.10. The molecule has 94 valence electrons. The monoisotopic (exact) mass is 274 g/mol. The Hall–Kier alpha value is -2.58. The van der Waals surface area contributed by atoms with E-state index in [0.717, 1.165) is 0 Å². The van der Waals surface area contributed by atoms with Crippen LogP contribution in [0.2, 0.25) is 5.02 Å². The molecule has 0 N–H and O–H groups in total. The highest BCUT2D eigenvalue weighted by atomic mass is 35.5. The molecule has 0 radical (unpaired) electrons. The number of nitriles is 1. The predicted octanol–water partition coefficient (Wildman–Crippen LogP) is 3.91. The van der Waals surface area contributed by atoms with Crippen molar-refractivity contribution in [3.8, 4) is 17.6 Å². The molecule has 19 heavy (non-hydrogen) atoms. The van der Waals surface area contributed by atoms with Gasteiger partial charge in [-0.2, -0.15) is 5.26 Å². The largest absolute Gasteiger partial charge is 0.457 e. The van der Waals surface area contributed by atoms with Crippen molar-refractivity contribution in [3.05, 3.63) is 63.2 Å². The lowest BCUT2D eigenvalue weighted by Crippen LogP contribution is -1.90. The zero-order valence-electron chi connectivity index (χ0n) is 9.54. The molecule has 2 rings (SSSR count). The fraction of sp³-hybridized carbons (Fsp3) is 0. The van der Waals surface area contributed by atoms with Gasteiger partial charge in [0.25, 0.3) is 5.69 Å². The normalized spacial score (nSPS) is 9.68. The molecule has 0 aliphatic heterocycles. The van der Waals surface area contributed by atoms with E-state index in [-0.39, 0.29) is 10.7 Å². The van der Waals surface area contributed by atoms with Crippen molar-refractivity contribution in [1.29, 1.82) is 5.26 Å². The smallest absolute Gasteiger partial charge is 0.288 e. The molecular weight excluding hydrogens is 268 g/mol. The summed E-state index contributed by atoms with van der Waals surface area (Å²) in [6.45, 7) is 0. The minimum Gasteiger partial charge on any atom is -0.457 e. The zero-order valence-corrected chi connectivity index (χ0v) is 10.3. The molecule has 0 fully saturated rings. The standard InChI is InChI=1S/C13H7ClN2O3/c14-12-7-11(5-6-13(12)16(17)18)19-10-3-1-9(8-15)2-4-10/h1-7H. The molecule has 0 saturated carbocycles. The number of halogens is 1. The summed E-state index contributed by atoms with van der Waals surface area (Å²) >= 11 is 5.77. The van der Waals surface area contributed by atoms with E-state index in [1.165, 1.54) is 18.2 Å². The first-order valence-corrected chi connectivity index (χ1v) is 5.60. The summed E-state index contributed by atoms with van der Waals surface area (Å²) < 4.78 is 5.48. The Morgan fingerprint density at radius 2 is 1.79 bits per heavy atom. The van der Waals surface area contributed by atoms with Crippen molar-refractivity contribution in [2.24, 2.45) is 0 Å². The van der Waals surface area contributed by atoms with Crippen molar-refractivity contribution in [1.82, 2.24) is 0 Å². The summed E-state index contributed by atoms with van der Waals surface area (Å²) in [4.78, 5) is 10.0. The van der Waals surface area contributed by atoms with Crippen LogP contribution in [0.15, 0.2) is 42.5 Å². The van der Waals surface area contributed by atoms with E-state index in [4.69, 9.17) is 21.6 Å². The van der Waals surface area contributed by atoms with Crippen LogP contribution in [0.4, 0.5) is 5.69 Å². The van der Waals surface area contributed by atoms with Gasteiger partial charge in [-0.05, 0) is 30.3 Å². The molecule has 0 aromatic heterocycles. The fourth-order valence-electron chi connectivity index (χ4n) is 1.43. The number of nitrogens with zero attached hydrogens (tertiary/aromatic N) is 2. The maximum atomic E-state index is 10.6. The van der Waals surface area contributed by atoms with Crippen molar-refractivity contribution in [2.45, 2.75) is 0 Å². The van der Waals surface area contributed by atoms with Gasteiger partial charge in [0.05, 0.1) is 16.6 Å². The number of nitro groups is 1. The Labute approximate surface area is 113 Å². The highest BCUT2D eigenvalue weighted by Gasteiger charge is 2.12. The van der Waals surface area contributed by atoms with Crippen molar-refractivity contribution in [2.75, 3.05) is 0 Å². The van der Waals surface area contributed by atoms with E-state index < -0.39 is 4.92 Å². The number of rotatable bonds is 3. The van der Waals surface area contributed by atoms with Gasteiger partial charge in [0.2, 0.25) is 0 Å². The van der Waals surface area contributed by atoms with Crippen LogP contribution in [0, 0.1) is 21.4 Å². The van der Waals surface area contributed by atoms with Gasteiger partial charge in [0.15, 0.2) is 0 Å². The molecule has 0 unspecified atom stereocenters. The van der Waals surface area contributed by atoms with Gasteiger partial charge in [0.1, 0.15) is 16.5 Å². The lowest BCUT2D eigenvalue weighted by molar-refractivity contribution is -0.384. The van der Waals surface area contributed by atoms with Crippen molar-refractivity contribution in [3.63, 3.8) is 0 Å². The average Bonchev–Trinajstić information content (AvgIpc) is 2.39. The maximum absolute atomic E-state index is 10.6. The van der Waals surface area contributed by atoms with Gasteiger partial charge in [-0.1, -0.05) is 11.6 Å². The molecule has 0 aliphatic rings. The molecule has 0 amide bonds. The van der Waals surface area contributed by atoms with Crippen LogP contribution in [-0.4, -0.2) is 4.92 Å². The Morgan fingerprint density at radius 3 is 2.32 bits per heavy atom. The van der Waals surface area contributed by atoms with Crippen LogP contribution >= 0.6 is 11.6 Å². The molecule has 6 heteroatoms. The van der Waals surface area contributed by atoms with Crippen LogP contribution < -0.4 is 4.74 Å². The molecule has 0 spiro atoms. The highest BCUT2D eigenvalue weighted by molar-refractivity contribution is 6.32. The second kappa shape index (κ2) is 5.38. The first kappa shape index (κ1) is 12.9. The summed E-state index contributed by atoms with van der Waals surface area (Å²) in [5.41, 5.74) is 0.350. The number of benzene rings is 2. The van der Waals surface area contributed by atoms with Crippen molar-refractivity contribution < 1.29 is 9.66 Å². The van der Waals surface area contributed by atoms with E-state index in [0.29, 0.717) is 17.1 Å². The van der Waals surface area contributed by atoms with Gasteiger partial charge in [-0.15, -0.1) is 0 Å². The van der Waals surface area contributed by atoms with Crippen molar-refractivity contribution >= 4 is 17.3 Å². The molecule has 5 nitrogen and oxygen atoms in total. The van der Waals surface area contributed by atoms with Gasteiger partial charge >= 0.3 is 0 Å². The van der Waals surface area contributed by atoms with Gasteiger partial charge in [-0.25, -0.2) is 0 Å². The van der Waals surface area contributed by atoms with E-state index in [1.807, 2.05) is 6.07 Å². The van der Waals surface area contributed by atoms with E-state index >= 15 is 0 Å². The molecule has 0 atom stereocenters. The highest BCUT2D eigenvalue weighted by Crippen LogP contribution is 2.30. The lowest BCUT2D eigenvalue weighted by Gasteiger charge is -2.06. The quantitative estimate of drug-likeness (QED) is 0.628. The first-order valence-electron chi connectivity index (χ1n) is 5.22. The Morgan fingerprint density at radius 1 is 1.16 bits per heavy atom. The third kappa shape index (κ3) is 3.00. The second-order valence-electron chi connectivity index (χ2n) is 3.61. The van der Waals surface area contributed by atoms with Crippen LogP contribution in [-0.2, 0) is 0 Å². The van der Waals surface area contributed by atoms with E-state index in [9.17, 15) is 10.1 Å². The van der Waals surface area contributed by atoms with Crippen LogP contribution in [0.25, 0.3) is 0 Å². The minimum atomic E-state index is -0.562. The van der Waals surface area contributed by atoms with Gasteiger partial charge in [0, 0.05) is 12.1 Å². The third-order valence-corrected chi connectivity index (χ3v) is 2.64. The molecule has 2 aromatic rings. The van der Waals surface area contributed by atoms with Crippen LogP contribution in [0.5, 0.6) is 11.5 Å². The zero-order chi connectivity index (χ0) is 13.8. The summed E-state index contributed by atoms with van der Waals surface area (Å²) in [5.74, 6) is 0.907. The minimum absolute atomic E-state index is 0.0103. The molecule has 0 saturated heterocycles. The molecule has 0 heterocycles. The Bertz CT molecular complexity index is 663. The lowest BCUT2D eigenvalue weighted by atomic mass is 10.2. The number of hydrogen-bond acceptors (Lipinski definition) is 4. The molecule has 0 aliphatic carbocycles. The summed E-state index contributed by atoms with van der Waals surface area (Å²) in [5, 5.41) is 19.3. The Kier molecular flexibility index (Phi) is 3.64. The SMILES string of the molecule is N#Cc1ccc(Oc2ccc([N+](=O)[O-])c(Cl)c2)cc1. The Balaban J connectivity index is 2.21. The fourth-order valence-corrected chi connectivity index (χ4v) is 1.67. The van der Waals surface area contributed by atoms with E-state index in [1.54, 1.807) is 24.3 Å². The number of hydrogen-bond donors (Lipinski definition) is 0.